The van der Waals surface area contributed by atoms with Crippen molar-refractivity contribution in [2.75, 3.05) is 32.3 Å². The first-order valence-electron chi connectivity index (χ1n) is 10.0. The Morgan fingerprint density at radius 1 is 1.17 bits per heavy atom. The molecule has 158 valence electrons. The number of rotatable bonds is 6. The minimum absolute atomic E-state index is 0.0105. The second kappa shape index (κ2) is 8.62. The van der Waals surface area contributed by atoms with Gasteiger partial charge in [0.05, 0.1) is 37.1 Å². The molecule has 4 rings (SSSR count). The Morgan fingerprint density at radius 2 is 1.90 bits per heavy atom. The minimum atomic E-state index is -0.142. The molecule has 0 N–H and O–H groups in total. The van der Waals surface area contributed by atoms with Crippen molar-refractivity contribution >= 4 is 32.6 Å². The summed E-state index contributed by atoms with van der Waals surface area (Å²) in [5.41, 5.74) is 3.74. The van der Waals surface area contributed by atoms with E-state index in [1.807, 2.05) is 0 Å². The van der Waals surface area contributed by atoms with E-state index in [1.165, 1.54) is 5.56 Å². The smallest absolute Gasteiger partial charge is 0.260 e. The molecule has 0 radical (unpaired) electrons. The Bertz CT molecular complexity index is 1050. The summed E-state index contributed by atoms with van der Waals surface area (Å²) >= 11 is 1.54. The minimum Gasteiger partial charge on any atom is -0.497 e. The Kier molecular flexibility index (Phi) is 5.92. The average Bonchev–Trinajstić information content (AvgIpc) is 3.40. The van der Waals surface area contributed by atoms with Crippen molar-refractivity contribution in [2.45, 2.75) is 32.8 Å². The molecule has 0 bridgehead atoms. The number of fused-ring (bicyclic) bond motifs is 1. The summed E-state index contributed by atoms with van der Waals surface area (Å²) < 4.78 is 17.6. The molecule has 2 heterocycles. The number of carbonyl (C=O) groups is 1. The van der Waals surface area contributed by atoms with E-state index in [2.05, 4.69) is 26.0 Å². The fourth-order valence-corrected chi connectivity index (χ4v) is 4.83. The van der Waals surface area contributed by atoms with Gasteiger partial charge in [0.25, 0.3) is 5.91 Å². The first-order valence-corrected chi connectivity index (χ1v) is 10.8. The zero-order valence-electron chi connectivity index (χ0n) is 17.7. The predicted octanol–water partition coefficient (Wildman–Crippen LogP) is 4.76. The highest BCUT2D eigenvalue weighted by Crippen LogP contribution is 2.34. The van der Waals surface area contributed by atoms with E-state index < -0.39 is 0 Å². The third-order valence-electron chi connectivity index (χ3n) is 5.29. The maximum atomic E-state index is 13.6. The fraction of sp³-hybridized carbons (Fsp3) is 0.391. The highest BCUT2D eigenvalue weighted by molar-refractivity contribution is 7.22. The van der Waals surface area contributed by atoms with Gasteiger partial charge in [-0.15, -0.1) is 0 Å². The molecule has 3 aromatic rings. The normalized spacial score (nSPS) is 16.1. The maximum absolute atomic E-state index is 13.6. The van der Waals surface area contributed by atoms with Crippen molar-refractivity contribution in [3.8, 4) is 11.5 Å². The Hall–Kier alpha value is -2.64. The number of hydrogen-bond donors (Lipinski definition) is 0. The lowest BCUT2D eigenvalue weighted by Crippen LogP contribution is -2.37. The van der Waals surface area contributed by atoms with Crippen molar-refractivity contribution in [3.63, 3.8) is 0 Å². The van der Waals surface area contributed by atoms with Crippen LogP contribution in [0, 0.1) is 13.8 Å². The van der Waals surface area contributed by atoms with Crippen LogP contribution in [0.15, 0.2) is 30.3 Å². The molecule has 30 heavy (non-hydrogen) atoms. The average molecular weight is 427 g/mol. The standard InChI is InChI=1S/C23H26N2O4S/c1-14-8-15(2)21-20(9-14)24-23(30-21)25(13-17-6-5-7-29-17)22(26)16-10-18(27-3)12-19(11-16)28-4/h8-12,17H,5-7,13H2,1-4H3. The Balaban J connectivity index is 1.76. The van der Waals surface area contributed by atoms with E-state index in [9.17, 15) is 4.79 Å². The lowest BCUT2D eigenvalue weighted by atomic mass is 10.1. The van der Waals surface area contributed by atoms with Gasteiger partial charge in [-0.05, 0) is 56.0 Å². The SMILES string of the molecule is COc1cc(OC)cc(C(=O)N(CC2CCCO2)c2nc3cc(C)cc(C)c3s2)c1. The summed E-state index contributed by atoms with van der Waals surface area (Å²) in [6, 6.07) is 9.42. The number of thiazole rings is 1. The zero-order valence-corrected chi connectivity index (χ0v) is 18.5. The van der Waals surface area contributed by atoms with Crippen molar-refractivity contribution in [2.24, 2.45) is 0 Å². The highest BCUT2D eigenvalue weighted by atomic mass is 32.1. The molecule has 1 unspecified atom stereocenters. The van der Waals surface area contributed by atoms with Crippen LogP contribution in [-0.4, -0.2) is 44.4 Å². The number of nitrogens with zero attached hydrogens (tertiary/aromatic N) is 2. The third-order valence-corrected chi connectivity index (χ3v) is 6.52. The summed E-state index contributed by atoms with van der Waals surface area (Å²) in [6.45, 7) is 5.34. The molecule has 0 spiro atoms. The Labute approximate surface area is 180 Å². The molecule has 0 aliphatic carbocycles. The first-order chi connectivity index (χ1) is 14.5. The van der Waals surface area contributed by atoms with Crippen LogP contribution in [0.1, 0.15) is 34.3 Å². The van der Waals surface area contributed by atoms with Gasteiger partial charge in [0.15, 0.2) is 5.13 Å². The van der Waals surface area contributed by atoms with Gasteiger partial charge in [-0.25, -0.2) is 4.98 Å². The number of methoxy groups -OCH3 is 2. The van der Waals surface area contributed by atoms with Crippen molar-refractivity contribution < 1.29 is 19.0 Å². The number of benzene rings is 2. The second-order valence-corrected chi connectivity index (χ2v) is 8.56. The van der Waals surface area contributed by atoms with Gasteiger partial charge >= 0.3 is 0 Å². The lowest BCUT2D eigenvalue weighted by molar-refractivity contribution is 0.0917. The van der Waals surface area contributed by atoms with Crippen LogP contribution in [-0.2, 0) is 4.74 Å². The number of aryl methyl sites for hydroxylation is 2. The highest BCUT2D eigenvalue weighted by Gasteiger charge is 2.28. The number of carbonyl (C=O) groups excluding carboxylic acids is 1. The number of hydrogen-bond acceptors (Lipinski definition) is 6. The van der Waals surface area contributed by atoms with E-state index in [0.717, 1.165) is 35.2 Å². The van der Waals surface area contributed by atoms with Gasteiger partial charge in [0.2, 0.25) is 0 Å². The number of anilines is 1. The molecular formula is C23H26N2O4S. The van der Waals surface area contributed by atoms with Crippen molar-refractivity contribution in [1.29, 1.82) is 0 Å². The van der Waals surface area contributed by atoms with Crippen LogP contribution in [0.3, 0.4) is 0 Å². The number of amides is 1. The van der Waals surface area contributed by atoms with Gasteiger partial charge in [-0.1, -0.05) is 17.4 Å². The summed E-state index contributed by atoms with van der Waals surface area (Å²) in [5, 5.41) is 0.681. The Morgan fingerprint density at radius 3 is 2.53 bits per heavy atom. The maximum Gasteiger partial charge on any atom is 0.260 e. The van der Waals surface area contributed by atoms with Crippen LogP contribution in [0.4, 0.5) is 5.13 Å². The molecule has 1 amide bonds. The molecule has 1 aromatic heterocycles. The fourth-order valence-electron chi connectivity index (χ4n) is 3.81. The van der Waals surface area contributed by atoms with E-state index in [0.29, 0.717) is 28.7 Å². The number of ether oxygens (including phenoxy) is 3. The molecule has 2 aromatic carbocycles. The largest absolute Gasteiger partial charge is 0.497 e. The molecule has 7 heteroatoms. The van der Waals surface area contributed by atoms with Gasteiger partial charge in [0, 0.05) is 18.2 Å². The second-order valence-electron chi connectivity index (χ2n) is 7.58. The lowest BCUT2D eigenvalue weighted by Gasteiger charge is -2.23. The van der Waals surface area contributed by atoms with Crippen LogP contribution >= 0.6 is 11.3 Å². The molecule has 1 aliphatic rings. The van der Waals surface area contributed by atoms with Gasteiger partial charge in [-0.3, -0.25) is 9.69 Å². The monoisotopic (exact) mass is 426 g/mol. The molecule has 1 atom stereocenters. The number of aromatic nitrogens is 1. The third kappa shape index (κ3) is 4.13. The van der Waals surface area contributed by atoms with Crippen LogP contribution < -0.4 is 14.4 Å². The molecular weight excluding hydrogens is 400 g/mol. The van der Waals surface area contributed by atoms with Crippen LogP contribution in [0.2, 0.25) is 0 Å². The quantitative estimate of drug-likeness (QED) is 0.569. The van der Waals surface area contributed by atoms with Gasteiger partial charge in [-0.2, -0.15) is 0 Å². The van der Waals surface area contributed by atoms with Crippen molar-refractivity contribution in [3.05, 3.63) is 47.0 Å². The topological polar surface area (TPSA) is 60.9 Å². The first kappa shape index (κ1) is 20.6. The van der Waals surface area contributed by atoms with E-state index in [4.69, 9.17) is 19.2 Å². The van der Waals surface area contributed by atoms with Gasteiger partial charge < -0.3 is 14.2 Å². The van der Waals surface area contributed by atoms with E-state index in [1.54, 1.807) is 48.7 Å². The molecule has 6 nitrogen and oxygen atoms in total. The van der Waals surface area contributed by atoms with E-state index >= 15 is 0 Å². The summed E-state index contributed by atoms with van der Waals surface area (Å²) in [7, 11) is 3.15. The summed E-state index contributed by atoms with van der Waals surface area (Å²) in [6.07, 6.45) is 1.96. The molecule has 0 saturated carbocycles. The van der Waals surface area contributed by atoms with Gasteiger partial charge in [0.1, 0.15) is 11.5 Å². The van der Waals surface area contributed by atoms with Crippen LogP contribution in [0.25, 0.3) is 10.2 Å². The zero-order chi connectivity index (χ0) is 21.3. The van der Waals surface area contributed by atoms with E-state index in [-0.39, 0.29) is 12.0 Å². The predicted molar refractivity (Wildman–Crippen MR) is 119 cm³/mol. The van der Waals surface area contributed by atoms with Crippen molar-refractivity contribution in [1.82, 2.24) is 4.98 Å². The molecule has 1 saturated heterocycles. The summed E-state index contributed by atoms with van der Waals surface area (Å²) in [4.78, 5) is 20.2. The molecule has 1 aliphatic heterocycles. The molecule has 1 fully saturated rings. The van der Waals surface area contributed by atoms with Crippen LogP contribution in [0.5, 0.6) is 11.5 Å². The summed E-state index contributed by atoms with van der Waals surface area (Å²) in [5.74, 6) is 1.01.